The molecule has 0 amide bonds. The molecule has 0 spiro atoms. The zero-order chi connectivity index (χ0) is 40.0. The number of rotatable bonds is 5. The van der Waals surface area contributed by atoms with Crippen molar-refractivity contribution in [3.8, 4) is 11.4 Å². The van der Waals surface area contributed by atoms with Crippen LogP contribution in [0.2, 0.25) is 0 Å². The van der Waals surface area contributed by atoms with E-state index in [2.05, 4.69) is 178 Å². The summed E-state index contributed by atoms with van der Waals surface area (Å²) in [5, 5.41) is 13.1. The number of aliphatic imine (C=N–C) groups is 2. The van der Waals surface area contributed by atoms with E-state index in [-0.39, 0.29) is 0 Å². The molecule has 1 N–H and O–H groups in total. The summed E-state index contributed by atoms with van der Waals surface area (Å²) in [5.74, 6) is 1.47. The highest BCUT2D eigenvalue weighted by Crippen LogP contribution is 2.47. The van der Waals surface area contributed by atoms with Gasteiger partial charge in [-0.1, -0.05) is 152 Å². The van der Waals surface area contributed by atoms with Crippen molar-refractivity contribution < 1.29 is 4.42 Å². The van der Waals surface area contributed by atoms with Gasteiger partial charge in [-0.3, -0.25) is 0 Å². The standard InChI is InChI=1S/C55H35N5O/c1-4-17-34(18-5-1)53-56-54(35-19-6-2-7-20-35)58-55(57-53)43-27-16-30-46-48(43)42-32-31-37(33-47(42)61-46)60-45-29-15-13-26-41(45)50-39-24-11-10-23-38(39)49-40-25-12-14-28-44(40)59(51(49)52(50)60)36-21-8-3-9-22-36/h1-33,55H,(H,56,57,58). The van der Waals surface area contributed by atoms with Gasteiger partial charge in [-0.15, -0.1) is 0 Å². The molecule has 3 aromatic heterocycles. The van der Waals surface area contributed by atoms with Crippen LogP contribution in [0.1, 0.15) is 22.9 Å². The van der Waals surface area contributed by atoms with Crippen molar-refractivity contribution in [2.24, 2.45) is 9.98 Å². The quantitative estimate of drug-likeness (QED) is 0.189. The molecule has 6 heteroatoms. The molecule has 13 rings (SSSR count). The van der Waals surface area contributed by atoms with Crippen molar-refractivity contribution in [3.05, 3.63) is 217 Å². The van der Waals surface area contributed by atoms with E-state index in [0.717, 1.165) is 66.9 Å². The predicted octanol–water partition coefficient (Wildman–Crippen LogP) is 13.4. The van der Waals surface area contributed by atoms with E-state index in [1.807, 2.05) is 36.4 Å². The Kier molecular flexibility index (Phi) is 7.27. The second-order valence-corrected chi connectivity index (χ2v) is 15.7. The van der Waals surface area contributed by atoms with E-state index in [0.29, 0.717) is 5.84 Å². The minimum atomic E-state index is -0.397. The number of para-hydroxylation sites is 3. The maximum atomic E-state index is 6.84. The summed E-state index contributed by atoms with van der Waals surface area (Å²) in [5.41, 5.74) is 11.4. The van der Waals surface area contributed by atoms with Crippen molar-refractivity contribution in [3.63, 3.8) is 0 Å². The lowest BCUT2D eigenvalue weighted by molar-refractivity contribution is 0.662. The molecular formula is C55H35N5O. The molecule has 1 aliphatic rings. The monoisotopic (exact) mass is 781 g/mol. The average molecular weight is 782 g/mol. The number of furan rings is 1. The lowest BCUT2D eigenvalue weighted by Gasteiger charge is -2.24. The van der Waals surface area contributed by atoms with Crippen molar-refractivity contribution in [2.75, 3.05) is 0 Å². The Bertz CT molecular complexity index is 3780. The van der Waals surface area contributed by atoms with Gasteiger partial charge in [-0.05, 0) is 53.2 Å². The number of fused-ring (bicyclic) bond motifs is 13. The van der Waals surface area contributed by atoms with E-state index in [1.165, 1.54) is 43.4 Å². The minimum absolute atomic E-state index is 0.397. The lowest BCUT2D eigenvalue weighted by atomic mass is 9.98. The van der Waals surface area contributed by atoms with Crippen molar-refractivity contribution in [2.45, 2.75) is 6.17 Å². The van der Waals surface area contributed by atoms with Crippen LogP contribution >= 0.6 is 0 Å². The third-order valence-corrected chi connectivity index (χ3v) is 12.3. The number of nitrogens with zero attached hydrogens (tertiary/aromatic N) is 4. The van der Waals surface area contributed by atoms with Crippen LogP contribution in [0.5, 0.6) is 0 Å². The Balaban J connectivity index is 1.07. The van der Waals surface area contributed by atoms with Crippen LogP contribution in [0, 0.1) is 0 Å². The van der Waals surface area contributed by atoms with Gasteiger partial charge in [0, 0.05) is 60.8 Å². The number of amidine groups is 2. The predicted molar refractivity (Wildman–Crippen MR) is 252 cm³/mol. The van der Waals surface area contributed by atoms with E-state index in [1.54, 1.807) is 0 Å². The molecule has 6 nitrogen and oxygen atoms in total. The Morgan fingerprint density at radius 2 is 0.984 bits per heavy atom. The number of hydrogen-bond donors (Lipinski definition) is 1. The number of nitrogens with one attached hydrogen (secondary N) is 1. The third-order valence-electron chi connectivity index (χ3n) is 12.3. The Morgan fingerprint density at radius 1 is 0.426 bits per heavy atom. The number of aromatic nitrogens is 2. The van der Waals surface area contributed by atoms with Gasteiger partial charge in [-0.25, -0.2) is 9.98 Å². The fourth-order valence-corrected chi connectivity index (χ4v) is 9.78. The second-order valence-electron chi connectivity index (χ2n) is 15.7. The van der Waals surface area contributed by atoms with Crippen LogP contribution in [0.3, 0.4) is 0 Å². The Hall–Kier alpha value is -8.22. The van der Waals surface area contributed by atoms with E-state index >= 15 is 0 Å². The first-order valence-corrected chi connectivity index (χ1v) is 20.7. The maximum absolute atomic E-state index is 6.84. The summed E-state index contributed by atoms with van der Waals surface area (Å²) >= 11 is 0. The highest BCUT2D eigenvalue weighted by Gasteiger charge is 2.27. The fraction of sp³-hybridized carbons (Fsp3) is 0.0182. The second kappa shape index (κ2) is 13.1. The van der Waals surface area contributed by atoms with Crippen LogP contribution in [-0.2, 0) is 0 Å². The van der Waals surface area contributed by atoms with Crippen LogP contribution in [-0.4, -0.2) is 20.8 Å². The zero-order valence-electron chi connectivity index (χ0n) is 32.8. The molecule has 9 aromatic carbocycles. The average Bonchev–Trinajstić information content (AvgIpc) is 4.00. The first-order chi connectivity index (χ1) is 30.3. The smallest absolute Gasteiger partial charge is 0.159 e. The summed E-state index contributed by atoms with van der Waals surface area (Å²) < 4.78 is 11.7. The van der Waals surface area contributed by atoms with E-state index < -0.39 is 6.17 Å². The van der Waals surface area contributed by atoms with Crippen LogP contribution in [0.25, 0.3) is 87.7 Å². The van der Waals surface area contributed by atoms with Gasteiger partial charge in [-0.2, -0.15) is 0 Å². The molecule has 12 aromatic rings. The van der Waals surface area contributed by atoms with Crippen LogP contribution in [0.15, 0.2) is 215 Å². The molecule has 0 bridgehead atoms. The normalized spacial score (nSPS) is 14.4. The Labute approximate surface area is 349 Å². The van der Waals surface area contributed by atoms with Crippen LogP contribution in [0.4, 0.5) is 0 Å². The maximum Gasteiger partial charge on any atom is 0.159 e. The third kappa shape index (κ3) is 5.03. The highest BCUT2D eigenvalue weighted by atomic mass is 16.3. The van der Waals surface area contributed by atoms with Crippen molar-refractivity contribution in [1.29, 1.82) is 0 Å². The summed E-state index contributed by atoms with van der Waals surface area (Å²) in [6.45, 7) is 0. The molecule has 1 atom stereocenters. The van der Waals surface area contributed by atoms with Crippen molar-refractivity contribution in [1.82, 2.24) is 14.5 Å². The fourth-order valence-electron chi connectivity index (χ4n) is 9.78. The van der Waals surface area contributed by atoms with E-state index in [9.17, 15) is 0 Å². The molecule has 286 valence electrons. The molecule has 0 saturated heterocycles. The molecule has 0 radical (unpaired) electrons. The van der Waals surface area contributed by atoms with Crippen molar-refractivity contribution >= 4 is 88.0 Å². The highest BCUT2D eigenvalue weighted by molar-refractivity contribution is 6.36. The molecule has 4 heterocycles. The zero-order valence-corrected chi connectivity index (χ0v) is 32.8. The topological polar surface area (TPSA) is 59.8 Å². The number of hydrogen-bond acceptors (Lipinski definition) is 4. The van der Waals surface area contributed by atoms with Gasteiger partial charge in [0.05, 0.1) is 27.8 Å². The first-order valence-electron chi connectivity index (χ1n) is 20.7. The van der Waals surface area contributed by atoms with Gasteiger partial charge in [0.2, 0.25) is 0 Å². The van der Waals surface area contributed by atoms with Gasteiger partial charge in [0.25, 0.3) is 0 Å². The molecule has 1 aliphatic heterocycles. The summed E-state index contributed by atoms with van der Waals surface area (Å²) in [6, 6.07) is 70.7. The molecule has 0 saturated carbocycles. The lowest BCUT2D eigenvalue weighted by Crippen LogP contribution is -2.33. The SMILES string of the molecule is c1ccc(C2=NC(c3cccc4oc5cc(-n6c7ccccc7c7c8ccccc8c8c9ccccc9n(-c9ccccc9)c8c76)ccc5c34)NC(c3ccccc3)=N2)cc1. The molecule has 61 heavy (non-hydrogen) atoms. The molecule has 0 aliphatic carbocycles. The largest absolute Gasteiger partial charge is 0.456 e. The summed E-state index contributed by atoms with van der Waals surface area (Å²) in [7, 11) is 0. The molecular weight excluding hydrogens is 747 g/mol. The molecule has 1 unspecified atom stereocenters. The van der Waals surface area contributed by atoms with E-state index in [4.69, 9.17) is 14.4 Å². The van der Waals surface area contributed by atoms with Gasteiger partial charge >= 0.3 is 0 Å². The Morgan fingerprint density at radius 3 is 1.64 bits per heavy atom. The molecule has 0 fully saturated rings. The van der Waals surface area contributed by atoms with Gasteiger partial charge in [0.15, 0.2) is 5.84 Å². The number of benzene rings is 9. The van der Waals surface area contributed by atoms with Gasteiger partial charge in [0.1, 0.15) is 23.2 Å². The van der Waals surface area contributed by atoms with Gasteiger partial charge < -0.3 is 18.9 Å². The first kappa shape index (κ1) is 33.7. The minimum Gasteiger partial charge on any atom is -0.456 e. The summed E-state index contributed by atoms with van der Waals surface area (Å²) in [6.07, 6.45) is -0.397. The van der Waals surface area contributed by atoms with Crippen LogP contribution < -0.4 is 5.32 Å². The summed E-state index contributed by atoms with van der Waals surface area (Å²) in [4.78, 5) is 10.3.